The van der Waals surface area contributed by atoms with E-state index in [0.29, 0.717) is 29.1 Å². The van der Waals surface area contributed by atoms with Crippen molar-refractivity contribution in [1.29, 1.82) is 0 Å². The number of aryl methyl sites for hydroxylation is 1. The molecule has 0 spiro atoms. The minimum Gasteiger partial charge on any atom is -0.495 e. The lowest BCUT2D eigenvalue weighted by atomic mass is 10.1. The van der Waals surface area contributed by atoms with Crippen LogP contribution in [0.5, 0.6) is 5.75 Å². The second-order valence-corrected chi connectivity index (χ2v) is 8.65. The Bertz CT molecular complexity index is 1150. The number of hydrogen-bond donors (Lipinski definition) is 2. The Morgan fingerprint density at radius 2 is 1.54 bits per heavy atom. The number of para-hydroxylation sites is 3. The molecule has 35 heavy (non-hydrogen) atoms. The van der Waals surface area contributed by atoms with Crippen molar-refractivity contribution in [2.75, 3.05) is 55.4 Å². The molecule has 0 bridgehead atoms. The lowest BCUT2D eigenvalue weighted by molar-refractivity contribution is -0.116. The summed E-state index contributed by atoms with van der Waals surface area (Å²) in [5.41, 5.74) is 4.37. The minimum absolute atomic E-state index is 0.0300. The van der Waals surface area contributed by atoms with Crippen LogP contribution in [0.4, 0.5) is 17.1 Å². The first kappa shape index (κ1) is 24.3. The second kappa shape index (κ2) is 11.5. The highest BCUT2D eigenvalue weighted by Crippen LogP contribution is 2.24. The van der Waals surface area contributed by atoms with E-state index in [0.717, 1.165) is 32.7 Å². The first-order chi connectivity index (χ1) is 17.0. The standard InChI is InChI=1S/C28H32N4O3/c1-21-7-3-5-9-25(21)32-19-17-31(18-20-32)16-15-27(33)29-23-13-11-22(12-14-23)28(34)30-24-8-4-6-10-26(24)35-2/h3-14H,15-20H2,1-2H3,(H,29,33)(H,30,34). The fraction of sp³-hybridized carbons (Fsp3) is 0.286. The van der Waals surface area contributed by atoms with Gasteiger partial charge in [-0.25, -0.2) is 0 Å². The molecule has 0 aliphatic carbocycles. The summed E-state index contributed by atoms with van der Waals surface area (Å²) in [6.07, 6.45) is 0.431. The number of nitrogens with one attached hydrogen (secondary N) is 2. The molecule has 3 aromatic carbocycles. The number of carbonyl (C=O) groups excluding carboxylic acids is 2. The summed E-state index contributed by atoms with van der Waals surface area (Å²) < 4.78 is 5.27. The zero-order valence-corrected chi connectivity index (χ0v) is 20.3. The summed E-state index contributed by atoms with van der Waals surface area (Å²) in [5.74, 6) is 0.330. The Morgan fingerprint density at radius 3 is 2.26 bits per heavy atom. The van der Waals surface area contributed by atoms with Gasteiger partial charge in [0.1, 0.15) is 5.75 Å². The summed E-state index contributed by atoms with van der Waals surface area (Å²) in [6.45, 7) is 6.68. The fourth-order valence-corrected chi connectivity index (χ4v) is 4.26. The molecule has 0 saturated carbocycles. The van der Waals surface area contributed by atoms with Crippen molar-refractivity contribution in [2.24, 2.45) is 0 Å². The van der Waals surface area contributed by atoms with Crippen molar-refractivity contribution in [3.63, 3.8) is 0 Å². The van der Waals surface area contributed by atoms with Crippen LogP contribution >= 0.6 is 0 Å². The Hall–Kier alpha value is -3.84. The SMILES string of the molecule is COc1ccccc1NC(=O)c1ccc(NC(=O)CCN2CCN(c3ccccc3C)CC2)cc1. The van der Waals surface area contributed by atoms with Crippen LogP contribution in [0.25, 0.3) is 0 Å². The van der Waals surface area contributed by atoms with Crippen LogP contribution in [0, 0.1) is 6.92 Å². The van der Waals surface area contributed by atoms with Gasteiger partial charge in [0.05, 0.1) is 12.8 Å². The molecule has 7 heteroatoms. The van der Waals surface area contributed by atoms with Crippen molar-refractivity contribution >= 4 is 28.9 Å². The topological polar surface area (TPSA) is 73.9 Å². The van der Waals surface area contributed by atoms with Crippen LogP contribution < -0.4 is 20.3 Å². The summed E-state index contributed by atoms with van der Waals surface area (Å²) in [4.78, 5) is 29.8. The molecule has 1 fully saturated rings. The molecule has 7 nitrogen and oxygen atoms in total. The Morgan fingerprint density at radius 1 is 0.857 bits per heavy atom. The number of carbonyl (C=O) groups is 2. The summed E-state index contributed by atoms with van der Waals surface area (Å²) in [7, 11) is 1.56. The van der Waals surface area contributed by atoms with Crippen LogP contribution in [0.2, 0.25) is 0 Å². The van der Waals surface area contributed by atoms with Crippen molar-refractivity contribution in [3.8, 4) is 5.75 Å². The molecule has 1 aliphatic heterocycles. The van der Waals surface area contributed by atoms with Gasteiger partial charge in [-0.1, -0.05) is 30.3 Å². The zero-order chi connectivity index (χ0) is 24.6. The van der Waals surface area contributed by atoms with Crippen LogP contribution in [0.15, 0.2) is 72.8 Å². The van der Waals surface area contributed by atoms with Crippen LogP contribution in [0.3, 0.4) is 0 Å². The third kappa shape index (κ3) is 6.39. The highest BCUT2D eigenvalue weighted by Gasteiger charge is 2.19. The highest BCUT2D eigenvalue weighted by molar-refractivity contribution is 6.05. The van der Waals surface area contributed by atoms with E-state index in [4.69, 9.17) is 4.74 Å². The van der Waals surface area contributed by atoms with Crippen LogP contribution in [-0.2, 0) is 4.79 Å². The van der Waals surface area contributed by atoms with Gasteiger partial charge < -0.3 is 20.3 Å². The van der Waals surface area contributed by atoms with Crippen molar-refractivity contribution in [3.05, 3.63) is 83.9 Å². The number of hydrogen-bond acceptors (Lipinski definition) is 5. The monoisotopic (exact) mass is 472 g/mol. The van der Waals surface area contributed by atoms with Gasteiger partial charge in [0, 0.05) is 56.1 Å². The van der Waals surface area contributed by atoms with Gasteiger partial charge in [-0.2, -0.15) is 0 Å². The molecule has 1 heterocycles. The molecular formula is C28H32N4O3. The number of benzene rings is 3. The maximum Gasteiger partial charge on any atom is 0.255 e. The molecule has 0 atom stereocenters. The fourth-order valence-electron chi connectivity index (χ4n) is 4.26. The second-order valence-electron chi connectivity index (χ2n) is 8.65. The van der Waals surface area contributed by atoms with Gasteiger partial charge in [0.2, 0.25) is 5.91 Å². The number of anilines is 3. The van der Waals surface area contributed by atoms with Crippen LogP contribution in [0.1, 0.15) is 22.3 Å². The minimum atomic E-state index is -0.239. The Kier molecular flexibility index (Phi) is 8.00. The molecule has 2 amide bonds. The van der Waals surface area contributed by atoms with Crippen LogP contribution in [-0.4, -0.2) is 56.5 Å². The zero-order valence-electron chi connectivity index (χ0n) is 20.3. The quantitative estimate of drug-likeness (QED) is 0.508. The number of rotatable bonds is 8. The molecule has 4 rings (SSSR count). The van der Waals surface area contributed by atoms with Crippen molar-refractivity contribution in [1.82, 2.24) is 4.90 Å². The first-order valence-electron chi connectivity index (χ1n) is 11.9. The van der Waals surface area contributed by atoms with Gasteiger partial charge in [-0.05, 0) is 55.0 Å². The number of amides is 2. The largest absolute Gasteiger partial charge is 0.495 e. The van der Waals surface area contributed by atoms with Crippen molar-refractivity contribution < 1.29 is 14.3 Å². The normalized spacial score (nSPS) is 13.8. The van der Waals surface area contributed by atoms with E-state index in [1.165, 1.54) is 11.3 Å². The van der Waals surface area contributed by atoms with E-state index in [9.17, 15) is 9.59 Å². The summed E-state index contributed by atoms with van der Waals surface area (Å²) in [5, 5.41) is 5.78. The Labute approximate surface area is 206 Å². The highest BCUT2D eigenvalue weighted by atomic mass is 16.5. The molecule has 0 radical (unpaired) electrons. The maximum atomic E-state index is 12.6. The molecule has 0 unspecified atom stereocenters. The van der Waals surface area contributed by atoms with E-state index in [1.54, 1.807) is 43.5 Å². The lowest BCUT2D eigenvalue weighted by Gasteiger charge is -2.36. The predicted octanol–water partition coefficient (Wildman–Crippen LogP) is 4.41. The van der Waals surface area contributed by atoms with E-state index in [2.05, 4.69) is 51.6 Å². The van der Waals surface area contributed by atoms with Crippen molar-refractivity contribution in [2.45, 2.75) is 13.3 Å². The number of piperazine rings is 1. The lowest BCUT2D eigenvalue weighted by Crippen LogP contribution is -2.47. The Balaban J connectivity index is 1.22. The average molecular weight is 473 g/mol. The maximum absolute atomic E-state index is 12.6. The first-order valence-corrected chi connectivity index (χ1v) is 11.9. The molecule has 0 aromatic heterocycles. The van der Waals surface area contributed by atoms with E-state index < -0.39 is 0 Å². The molecule has 2 N–H and O–H groups in total. The van der Waals surface area contributed by atoms with E-state index >= 15 is 0 Å². The summed E-state index contributed by atoms with van der Waals surface area (Å²) >= 11 is 0. The molecular weight excluding hydrogens is 440 g/mol. The molecule has 1 aliphatic rings. The van der Waals surface area contributed by atoms with Gasteiger partial charge in [-0.3, -0.25) is 14.5 Å². The number of ether oxygens (including phenoxy) is 1. The predicted molar refractivity (Wildman–Crippen MR) is 140 cm³/mol. The van der Waals surface area contributed by atoms with Gasteiger partial charge in [0.15, 0.2) is 0 Å². The van der Waals surface area contributed by atoms with Gasteiger partial charge in [0.25, 0.3) is 5.91 Å². The molecule has 3 aromatic rings. The van der Waals surface area contributed by atoms with E-state index in [-0.39, 0.29) is 11.8 Å². The van der Waals surface area contributed by atoms with E-state index in [1.807, 2.05) is 12.1 Å². The molecule has 182 valence electrons. The van der Waals surface area contributed by atoms with Gasteiger partial charge in [-0.15, -0.1) is 0 Å². The van der Waals surface area contributed by atoms with Gasteiger partial charge >= 0.3 is 0 Å². The summed E-state index contributed by atoms with van der Waals surface area (Å²) in [6, 6.07) is 22.6. The smallest absolute Gasteiger partial charge is 0.255 e. The number of methoxy groups -OCH3 is 1. The third-order valence-corrected chi connectivity index (χ3v) is 6.27. The third-order valence-electron chi connectivity index (χ3n) is 6.27. The average Bonchev–Trinajstić information content (AvgIpc) is 2.89. The number of nitrogens with zero attached hydrogens (tertiary/aromatic N) is 2. The molecule has 1 saturated heterocycles.